The number of para-hydroxylation sites is 2. The second-order valence-electron chi connectivity index (χ2n) is 6.51. The molecule has 0 aliphatic carbocycles. The van der Waals surface area contributed by atoms with Gasteiger partial charge < -0.3 is 20.3 Å². The number of pyridine rings is 1. The number of urea groups is 1. The van der Waals surface area contributed by atoms with Crippen molar-refractivity contribution in [3.8, 4) is 5.75 Å². The lowest BCUT2D eigenvalue weighted by atomic mass is 9.96. The third kappa shape index (κ3) is 4.97. The van der Waals surface area contributed by atoms with Crippen molar-refractivity contribution in [3.63, 3.8) is 0 Å². The fraction of sp³-hybridized carbons (Fsp3) is 0.350. The van der Waals surface area contributed by atoms with Crippen molar-refractivity contribution in [1.82, 2.24) is 15.2 Å². The third-order valence-electron chi connectivity index (χ3n) is 4.72. The molecule has 1 aliphatic heterocycles. The standard InChI is InChI=1S/C20H24N4O3/c1-27-18-7-3-2-6-17(18)23-20(26)22-13-15-8-11-24(12-9-15)19(25)16-5-4-10-21-14-16/h2-7,10,14-15H,8-9,11-13H2,1H3,(H2,22,23,26). The quantitative estimate of drug-likeness (QED) is 0.850. The Morgan fingerprint density at radius 1 is 1.19 bits per heavy atom. The zero-order chi connectivity index (χ0) is 19.1. The molecule has 0 atom stereocenters. The molecule has 0 unspecified atom stereocenters. The molecule has 2 heterocycles. The van der Waals surface area contributed by atoms with Gasteiger partial charge in [0.2, 0.25) is 0 Å². The number of aromatic nitrogens is 1. The number of amides is 3. The molecule has 7 heteroatoms. The summed E-state index contributed by atoms with van der Waals surface area (Å²) in [6.45, 7) is 1.96. The van der Waals surface area contributed by atoms with E-state index in [1.165, 1.54) is 0 Å². The van der Waals surface area contributed by atoms with Crippen LogP contribution in [0.3, 0.4) is 0 Å². The van der Waals surface area contributed by atoms with Crippen LogP contribution < -0.4 is 15.4 Å². The van der Waals surface area contributed by atoms with E-state index in [0.717, 1.165) is 12.8 Å². The second-order valence-corrected chi connectivity index (χ2v) is 6.51. The van der Waals surface area contributed by atoms with Crippen LogP contribution in [-0.2, 0) is 0 Å². The van der Waals surface area contributed by atoms with Crippen molar-refractivity contribution in [3.05, 3.63) is 54.4 Å². The first-order chi connectivity index (χ1) is 13.2. The Kier molecular flexibility index (Phi) is 6.25. The van der Waals surface area contributed by atoms with Crippen LogP contribution >= 0.6 is 0 Å². The van der Waals surface area contributed by atoms with Gasteiger partial charge in [-0.2, -0.15) is 0 Å². The minimum absolute atomic E-state index is 0.0171. The Morgan fingerprint density at radius 3 is 2.67 bits per heavy atom. The highest BCUT2D eigenvalue weighted by Gasteiger charge is 2.24. The van der Waals surface area contributed by atoms with E-state index in [0.29, 0.717) is 42.6 Å². The van der Waals surface area contributed by atoms with Crippen molar-refractivity contribution in [2.45, 2.75) is 12.8 Å². The maximum absolute atomic E-state index is 12.4. The number of methoxy groups -OCH3 is 1. The Morgan fingerprint density at radius 2 is 1.96 bits per heavy atom. The number of anilines is 1. The summed E-state index contributed by atoms with van der Waals surface area (Å²) < 4.78 is 5.23. The summed E-state index contributed by atoms with van der Waals surface area (Å²) in [5.74, 6) is 0.990. The molecule has 27 heavy (non-hydrogen) atoms. The molecule has 3 rings (SSSR count). The largest absolute Gasteiger partial charge is 0.495 e. The van der Waals surface area contributed by atoms with Gasteiger partial charge in [0, 0.05) is 32.0 Å². The number of carbonyl (C=O) groups excluding carboxylic acids is 2. The smallest absolute Gasteiger partial charge is 0.319 e. The van der Waals surface area contributed by atoms with Crippen molar-refractivity contribution < 1.29 is 14.3 Å². The van der Waals surface area contributed by atoms with Crippen molar-refractivity contribution in [2.75, 3.05) is 32.1 Å². The van der Waals surface area contributed by atoms with Crippen LogP contribution in [0.4, 0.5) is 10.5 Å². The number of piperidine rings is 1. The predicted octanol–water partition coefficient (Wildman–Crippen LogP) is 2.76. The molecule has 1 aromatic carbocycles. The summed E-state index contributed by atoms with van der Waals surface area (Å²) in [7, 11) is 1.57. The van der Waals surface area contributed by atoms with E-state index in [4.69, 9.17) is 4.74 Å². The molecule has 2 N–H and O–H groups in total. The molecule has 1 aromatic heterocycles. The molecule has 1 aliphatic rings. The van der Waals surface area contributed by atoms with E-state index in [1.807, 2.05) is 17.0 Å². The lowest BCUT2D eigenvalue weighted by Gasteiger charge is -2.32. The maximum Gasteiger partial charge on any atom is 0.319 e. The molecule has 0 bridgehead atoms. The number of nitrogens with one attached hydrogen (secondary N) is 2. The normalized spacial score (nSPS) is 14.5. The third-order valence-corrected chi connectivity index (χ3v) is 4.72. The summed E-state index contributed by atoms with van der Waals surface area (Å²) in [6, 6.07) is 10.6. The van der Waals surface area contributed by atoms with Gasteiger partial charge >= 0.3 is 6.03 Å². The topological polar surface area (TPSA) is 83.6 Å². The molecule has 3 amide bonds. The fourth-order valence-electron chi connectivity index (χ4n) is 3.16. The van der Waals surface area contributed by atoms with Gasteiger partial charge in [-0.3, -0.25) is 9.78 Å². The predicted molar refractivity (Wildman–Crippen MR) is 103 cm³/mol. The second kappa shape index (κ2) is 9.02. The number of hydrogen-bond donors (Lipinski definition) is 2. The number of rotatable bonds is 5. The van der Waals surface area contributed by atoms with Crippen LogP contribution in [0, 0.1) is 5.92 Å². The summed E-state index contributed by atoms with van der Waals surface area (Å²) in [6.07, 6.45) is 4.98. The van der Waals surface area contributed by atoms with Crippen LogP contribution in [0.2, 0.25) is 0 Å². The number of ether oxygens (including phenoxy) is 1. The van der Waals surface area contributed by atoms with Crippen molar-refractivity contribution >= 4 is 17.6 Å². The molecule has 1 fully saturated rings. The highest BCUT2D eigenvalue weighted by atomic mass is 16.5. The Bertz CT molecular complexity index is 774. The number of likely N-dealkylation sites (tertiary alicyclic amines) is 1. The average molecular weight is 368 g/mol. The molecule has 7 nitrogen and oxygen atoms in total. The number of carbonyl (C=O) groups is 2. The van der Waals surface area contributed by atoms with Gasteiger partial charge in [-0.05, 0) is 43.0 Å². The minimum atomic E-state index is -0.256. The zero-order valence-corrected chi connectivity index (χ0v) is 15.4. The first-order valence-electron chi connectivity index (χ1n) is 9.04. The van der Waals surface area contributed by atoms with E-state index in [1.54, 1.807) is 43.8 Å². The van der Waals surface area contributed by atoms with Crippen molar-refractivity contribution in [1.29, 1.82) is 0 Å². The molecule has 0 spiro atoms. The van der Waals surface area contributed by atoms with Crippen LogP contribution in [-0.4, -0.2) is 48.6 Å². The molecular weight excluding hydrogens is 344 g/mol. The van der Waals surface area contributed by atoms with Gasteiger partial charge in [0.1, 0.15) is 5.75 Å². The van der Waals surface area contributed by atoms with E-state index in [-0.39, 0.29) is 11.9 Å². The number of hydrogen-bond acceptors (Lipinski definition) is 4. The van der Waals surface area contributed by atoms with Gasteiger partial charge in [0.25, 0.3) is 5.91 Å². The summed E-state index contributed by atoms with van der Waals surface area (Å²) >= 11 is 0. The molecule has 2 aromatic rings. The van der Waals surface area contributed by atoms with Crippen LogP contribution in [0.5, 0.6) is 5.75 Å². The van der Waals surface area contributed by atoms with Crippen LogP contribution in [0.1, 0.15) is 23.2 Å². The highest BCUT2D eigenvalue weighted by molar-refractivity contribution is 5.94. The lowest BCUT2D eigenvalue weighted by molar-refractivity contribution is 0.0690. The van der Waals surface area contributed by atoms with E-state index < -0.39 is 0 Å². The SMILES string of the molecule is COc1ccccc1NC(=O)NCC1CCN(C(=O)c2cccnc2)CC1. The zero-order valence-electron chi connectivity index (χ0n) is 15.4. The molecular formula is C20H24N4O3. The highest BCUT2D eigenvalue weighted by Crippen LogP contribution is 2.23. The fourth-order valence-corrected chi connectivity index (χ4v) is 3.16. The van der Waals surface area contributed by atoms with E-state index in [2.05, 4.69) is 15.6 Å². The first kappa shape index (κ1) is 18.7. The monoisotopic (exact) mass is 368 g/mol. The minimum Gasteiger partial charge on any atom is -0.495 e. The van der Waals surface area contributed by atoms with Crippen LogP contribution in [0.25, 0.3) is 0 Å². The van der Waals surface area contributed by atoms with Gasteiger partial charge in [-0.15, -0.1) is 0 Å². The average Bonchev–Trinajstić information content (AvgIpc) is 2.73. The Hall–Kier alpha value is -3.09. The molecule has 0 saturated carbocycles. The number of benzene rings is 1. The van der Waals surface area contributed by atoms with Crippen LogP contribution in [0.15, 0.2) is 48.8 Å². The summed E-state index contributed by atoms with van der Waals surface area (Å²) in [4.78, 5) is 30.4. The maximum atomic E-state index is 12.4. The molecule has 142 valence electrons. The summed E-state index contributed by atoms with van der Waals surface area (Å²) in [5.41, 5.74) is 1.25. The Labute approximate surface area is 158 Å². The summed E-state index contributed by atoms with van der Waals surface area (Å²) in [5, 5.41) is 5.71. The molecule has 0 radical (unpaired) electrons. The molecule has 1 saturated heterocycles. The van der Waals surface area contributed by atoms with E-state index >= 15 is 0 Å². The van der Waals surface area contributed by atoms with Crippen molar-refractivity contribution in [2.24, 2.45) is 5.92 Å². The lowest BCUT2D eigenvalue weighted by Crippen LogP contribution is -2.42. The van der Waals surface area contributed by atoms with Gasteiger partial charge in [0.05, 0.1) is 18.4 Å². The number of nitrogens with zero attached hydrogens (tertiary/aromatic N) is 2. The Balaban J connectivity index is 1.43. The van der Waals surface area contributed by atoms with E-state index in [9.17, 15) is 9.59 Å². The van der Waals surface area contributed by atoms with Gasteiger partial charge in [0.15, 0.2) is 0 Å². The first-order valence-corrected chi connectivity index (χ1v) is 9.04. The van der Waals surface area contributed by atoms with Gasteiger partial charge in [-0.1, -0.05) is 12.1 Å². The van der Waals surface area contributed by atoms with Gasteiger partial charge in [-0.25, -0.2) is 4.79 Å².